The third-order valence-electron chi connectivity index (χ3n) is 6.66. The van der Waals surface area contributed by atoms with Crippen molar-refractivity contribution in [1.82, 2.24) is 19.8 Å². The Morgan fingerprint density at radius 1 is 1.29 bits per heavy atom. The number of carbonyl (C=O) groups is 2. The number of hydrogen-bond donors (Lipinski definition) is 2. The van der Waals surface area contributed by atoms with Crippen LogP contribution in [0.5, 0.6) is 0 Å². The molecule has 34 heavy (non-hydrogen) atoms. The van der Waals surface area contributed by atoms with Crippen molar-refractivity contribution in [2.75, 3.05) is 33.4 Å². The zero-order valence-corrected chi connectivity index (χ0v) is 20.5. The van der Waals surface area contributed by atoms with Crippen LogP contribution in [-0.2, 0) is 39.8 Å². The number of benzene rings is 1. The number of esters is 1. The van der Waals surface area contributed by atoms with E-state index in [2.05, 4.69) is 10.0 Å². The number of amides is 1. The lowest BCUT2D eigenvalue weighted by Crippen LogP contribution is -2.40. The lowest BCUT2D eigenvalue weighted by Gasteiger charge is -2.36. The summed E-state index contributed by atoms with van der Waals surface area (Å²) in [6, 6.07) is 6.52. The van der Waals surface area contributed by atoms with Gasteiger partial charge in [-0.25, -0.2) is 13.7 Å². The van der Waals surface area contributed by atoms with E-state index < -0.39 is 17.0 Å². The molecule has 10 heteroatoms. The smallest absolute Gasteiger partial charge is 0.338 e. The monoisotopic (exact) mass is 488 g/mol. The number of nitrogens with zero attached hydrogens (tertiary/aromatic N) is 2. The highest BCUT2D eigenvalue weighted by Gasteiger charge is 2.39. The molecule has 9 nitrogen and oxygen atoms in total. The minimum Gasteiger partial charge on any atom is -0.462 e. The first-order valence-electron chi connectivity index (χ1n) is 11.8. The van der Waals surface area contributed by atoms with Crippen LogP contribution in [0.25, 0.3) is 0 Å². The maximum atomic E-state index is 12.9. The number of aryl methyl sites for hydroxylation is 2. The molecule has 1 spiro atoms. The summed E-state index contributed by atoms with van der Waals surface area (Å²) in [5.41, 5.74) is 3.02. The number of aromatic nitrogens is 2. The quantitative estimate of drug-likeness (QED) is 0.434. The molecule has 0 saturated carbocycles. The Morgan fingerprint density at radius 3 is 2.71 bits per heavy atom. The predicted molar refractivity (Wildman–Crippen MR) is 127 cm³/mol. The van der Waals surface area contributed by atoms with Gasteiger partial charge < -0.3 is 14.8 Å². The average molecular weight is 489 g/mol. The molecule has 1 atom stereocenters. The molecule has 1 unspecified atom stereocenters. The fourth-order valence-electron chi connectivity index (χ4n) is 4.69. The molecule has 1 aromatic heterocycles. The van der Waals surface area contributed by atoms with Crippen LogP contribution in [0.1, 0.15) is 58.3 Å². The van der Waals surface area contributed by atoms with Crippen LogP contribution in [0.2, 0.25) is 0 Å². The molecule has 2 aliphatic heterocycles. The van der Waals surface area contributed by atoms with Gasteiger partial charge >= 0.3 is 5.97 Å². The second-order valence-corrected chi connectivity index (χ2v) is 10.2. The van der Waals surface area contributed by atoms with Crippen molar-refractivity contribution in [1.29, 1.82) is 0 Å². The van der Waals surface area contributed by atoms with Crippen LogP contribution >= 0.6 is 0 Å². The average Bonchev–Trinajstić information content (AvgIpc) is 3.15. The molecule has 1 aromatic carbocycles. The Balaban J connectivity index is 1.40. The third-order valence-corrected chi connectivity index (χ3v) is 7.73. The summed E-state index contributed by atoms with van der Waals surface area (Å²) in [5.74, 6) is -0.478. The Hall–Kier alpha value is -2.56. The van der Waals surface area contributed by atoms with Crippen molar-refractivity contribution in [2.24, 2.45) is 5.41 Å². The maximum absolute atomic E-state index is 12.9. The van der Waals surface area contributed by atoms with Gasteiger partial charge in [0.25, 0.3) is 5.91 Å². The summed E-state index contributed by atoms with van der Waals surface area (Å²) < 4.78 is 27.2. The largest absolute Gasteiger partial charge is 0.462 e. The lowest BCUT2D eigenvalue weighted by molar-refractivity contribution is 0.0160. The molecule has 2 aliphatic rings. The van der Waals surface area contributed by atoms with Gasteiger partial charge in [-0.3, -0.25) is 9.48 Å². The summed E-state index contributed by atoms with van der Waals surface area (Å²) in [6.45, 7) is 4.94. The second kappa shape index (κ2) is 10.8. The Morgan fingerprint density at radius 2 is 2.03 bits per heavy atom. The summed E-state index contributed by atoms with van der Waals surface area (Å²) in [7, 11) is 0.313. The van der Waals surface area contributed by atoms with Gasteiger partial charge in [-0.05, 0) is 75.8 Å². The van der Waals surface area contributed by atoms with Crippen LogP contribution in [0.4, 0.5) is 0 Å². The Labute approximate surface area is 202 Å². The number of rotatable bonds is 8. The van der Waals surface area contributed by atoms with E-state index in [9.17, 15) is 13.8 Å². The summed E-state index contributed by atoms with van der Waals surface area (Å²) in [4.78, 5) is 25.9. The van der Waals surface area contributed by atoms with Gasteiger partial charge in [0.05, 0.1) is 22.8 Å². The molecule has 3 heterocycles. The number of ether oxygens (including phenoxy) is 2. The predicted octanol–water partition coefficient (Wildman–Crippen LogP) is 2.02. The highest BCUT2D eigenvalue weighted by molar-refractivity contribution is 7.83. The van der Waals surface area contributed by atoms with Gasteiger partial charge in [0.15, 0.2) is 0 Å². The molecule has 1 saturated heterocycles. The third kappa shape index (κ3) is 5.24. The molecule has 0 bridgehead atoms. The van der Waals surface area contributed by atoms with E-state index in [0.29, 0.717) is 55.3 Å². The lowest BCUT2D eigenvalue weighted by atomic mass is 9.75. The van der Waals surface area contributed by atoms with E-state index in [0.717, 1.165) is 30.5 Å². The van der Waals surface area contributed by atoms with Crippen molar-refractivity contribution < 1.29 is 23.3 Å². The molecule has 2 aromatic rings. The summed E-state index contributed by atoms with van der Waals surface area (Å²) in [6.07, 6.45) is 3.88. The fourth-order valence-corrected chi connectivity index (χ4v) is 5.30. The maximum Gasteiger partial charge on any atom is 0.338 e. The minimum atomic E-state index is -1.29. The first-order valence-corrected chi connectivity index (χ1v) is 12.9. The van der Waals surface area contributed by atoms with Gasteiger partial charge in [0.2, 0.25) is 0 Å². The van der Waals surface area contributed by atoms with Gasteiger partial charge in [0, 0.05) is 31.9 Å². The van der Waals surface area contributed by atoms with Crippen LogP contribution in [0.3, 0.4) is 0 Å². The number of hydrogen-bond acceptors (Lipinski definition) is 6. The summed E-state index contributed by atoms with van der Waals surface area (Å²) >= 11 is 0. The van der Waals surface area contributed by atoms with Crippen LogP contribution in [-0.4, -0.2) is 59.3 Å². The van der Waals surface area contributed by atoms with Crippen LogP contribution < -0.4 is 10.0 Å². The van der Waals surface area contributed by atoms with Crippen LogP contribution in [0, 0.1) is 5.41 Å². The zero-order chi connectivity index (χ0) is 24.1. The Bertz CT molecular complexity index is 1060. The van der Waals surface area contributed by atoms with Crippen molar-refractivity contribution in [3.05, 3.63) is 46.8 Å². The molecule has 0 radical (unpaired) electrons. The summed E-state index contributed by atoms with van der Waals surface area (Å²) in [5, 5.41) is 7.86. The van der Waals surface area contributed by atoms with Gasteiger partial charge in [-0.2, -0.15) is 5.10 Å². The van der Waals surface area contributed by atoms with E-state index in [4.69, 9.17) is 14.6 Å². The van der Waals surface area contributed by atoms with E-state index >= 15 is 0 Å². The van der Waals surface area contributed by atoms with Crippen molar-refractivity contribution in [3.8, 4) is 0 Å². The fraction of sp³-hybridized carbons (Fsp3) is 0.542. The van der Waals surface area contributed by atoms with Crippen molar-refractivity contribution >= 4 is 22.9 Å². The molecule has 184 valence electrons. The number of carbonyl (C=O) groups excluding carboxylic acids is 2. The zero-order valence-electron chi connectivity index (χ0n) is 19.7. The highest BCUT2D eigenvalue weighted by atomic mass is 32.2. The second-order valence-electron chi connectivity index (χ2n) is 8.80. The van der Waals surface area contributed by atoms with E-state index in [-0.39, 0.29) is 17.9 Å². The topological polar surface area (TPSA) is 112 Å². The first kappa shape index (κ1) is 24.6. The highest BCUT2D eigenvalue weighted by Crippen LogP contribution is 2.37. The van der Waals surface area contributed by atoms with Crippen LogP contribution in [0.15, 0.2) is 29.2 Å². The molecular weight excluding hydrogens is 456 g/mol. The first-order chi connectivity index (χ1) is 16.5. The van der Waals surface area contributed by atoms with Gasteiger partial charge in [0.1, 0.15) is 16.7 Å². The molecule has 0 aliphatic carbocycles. The SMILES string of the molecule is CCn1nc(CCCOC(=O)c2ccc(S(=O)NC)cc2)c2c1C(=O)NCC1(CCOCC1)C2. The van der Waals surface area contributed by atoms with Gasteiger partial charge in [-0.1, -0.05) is 0 Å². The van der Waals surface area contributed by atoms with E-state index in [1.165, 1.54) is 0 Å². The number of fused-ring (bicyclic) bond motifs is 1. The van der Waals surface area contributed by atoms with E-state index in [1.54, 1.807) is 36.0 Å². The normalized spacial score (nSPS) is 18.1. The van der Waals surface area contributed by atoms with E-state index in [1.807, 2.05) is 6.92 Å². The molecule has 1 amide bonds. The molecule has 1 fully saturated rings. The minimum absolute atomic E-state index is 0.00507. The number of nitrogens with one attached hydrogen (secondary N) is 2. The Kier molecular flexibility index (Phi) is 7.80. The standard InChI is InChI=1S/C24H32N4O5S/c1-3-28-21-19(15-24(16-26-22(21)29)10-13-32-14-11-24)20(27-28)5-4-12-33-23(30)17-6-8-18(9-7-17)34(31)25-2/h6-9,25H,3-5,10-16H2,1-2H3,(H,26,29). The van der Waals surface area contributed by atoms with Crippen molar-refractivity contribution in [3.63, 3.8) is 0 Å². The molecular formula is C24H32N4O5S. The molecule has 4 rings (SSSR count). The van der Waals surface area contributed by atoms with Gasteiger partial charge in [-0.15, -0.1) is 0 Å². The molecule has 2 N–H and O–H groups in total. The van der Waals surface area contributed by atoms with Crippen molar-refractivity contribution in [2.45, 2.75) is 50.5 Å².